The Kier molecular flexibility index (Phi) is 3.51. The van der Waals surface area contributed by atoms with Crippen LogP contribution >= 0.6 is 0 Å². The van der Waals surface area contributed by atoms with Gasteiger partial charge in [-0.1, -0.05) is 0 Å². The molecule has 0 bridgehead atoms. The zero-order valence-corrected chi connectivity index (χ0v) is 10.8. The molecule has 1 aliphatic heterocycles. The summed E-state index contributed by atoms with van der Waals surface area (Å²) in [7, 11) is -3.04. The maximum absolute atomic E-state index is 11.7. The highest BCUT2D eigenvalue weighted by Crippen LogP contribution is 2.18. The van der Waals surface area contributed by atoms with Crippen LogP contribution in [0.2, 0.25) is 0 Å². The zero-order chi connectivity index (χ0) is 13.2. The number of aromatic amines is 1. The van der Waals surface area contributed by atoms with Gasteiger partial charge in [0.25, 0.3) is 0 Å². The SMILES string of the molecule is C/C(=N\NC(=O)[C@H]1CCS(=O)(=O)C1)c1ccc[nH]1. The Balaban J connectivity index is 1.95. The minimum absolute atomic E-state index is 0.0735. The van der Waals surface area contributed by atoms with Crippen molar-refractivity contribution in [3.8, 4) is 0 Å². The van der Waals surface area contributed by atoms with E-state index in [2.05, 4.69) is 15.5 Å². The largest absolute Gasteiger partial charge is 0.360 e. The first-order valence-electron chi connectivity index (χ1n) is 5.66. The molecular weight excluding hydrogens is 254 g/mol. The van der Waals surface area contributed by atoms with Crippen LogP contribution in [0.4, 0.5) is 0 Å². The summed E-state index contributed by atoms with van der Waals surface area (Å²) in [4.78, 5) is 14.7. The highest BCUT2D eigenvalue weighted by atomic mass is 32.2. The van der Waals surface area contributed by atoms with Gasteiger partial charge in [-0.3, -0.25) is 4.79 Å². The number of hydrogen-bond acceptors (Lipinski definition) is 4. The van der Waals surface area contributed by atoms with Gasteiger partial charge in [-0.05, 0) is 25.5 Å². The molecule has 1 aromatic rings. The molecule has 18 heavy (non-hydrogen) atoms. The molecule has 2 rings (SSSR count). The van der Waals surface area contributed by atoms with Crippen molar-refractivity contribution in [3.63, 3.8) is 0 Å². The van der Waals surface area contributed by atoms with Gasteiger partial charge in [0.05, 0.1) is 28.8 Å². The molecule has 1 fully saturated rings. The minimum atomic E-state index is -3.04. The number of carbonyl (C=O) groups is 1. The molecule has 1 amide bonds. The highest BCUT2D eigenvalue weighted by molar-refractivity contribution is 7.91. The molecule has 6 nitrogen and oxygen atoms in total. The lowest BCUT2D eigenvalue weighted by atomic mass is 10.1. The van der Waals surface area contributed by atoms with Gasteiger partial charge >= 0.3 is 0 Å². The Bertz CT molecular complexity index is 560. The molecule has 2 N–H and O–H groups in total. The van der Waals surface area contributed by atoms with Crippen molar-refractivity contribution in [2.45, 2.75) is 13.3 Å². The molecule has 0 aliphatic carbocycles. The Morgan fingerprint density at radius 2 is 2.33 bits per heavy atom. The molecule has 7 heteroatoms. The third kappa shape index (κ3) is 2.98. The van der Waals surface area contributed by atoms with Crippen molar-refractivity contribution < 1.29 is 13.2 Å². The summed E-state index contributed by atoms with van der Waals surface area (Å²) in [5.74, 6) is -0.794. The van der Waals surface area contributed by atoms with Crippen molar-refractivity contribution in [1.82, 2.24) is 10.4 Å². The average molecular weight is 269 g/mol. The lowest BCUT2D eigenvalue weighted by Crippen LogP contribution is -2.28. The Hall–Kier alpha value is -1.63. The molecule has 1 atom stereocenters. The van der Waals surface area contributed by atoms with E-state index in [1.807, 2.05) is 12.1 Å². The summed E-state index contributed by atoms with van der Waals surface area (Å²) in [6, 6.07) is 3.67. The van der Waals surface area contributed by atoms with E-state index in [9.17, 15) is 13.2 Å². The lowest BCUT2D eigenvalue weighted by Gasteiger charge is -2.05. The Morgan fingerprint density at radius 1 is 1.56 bits per heavy atom. The summed E-state index contributed by atoms with van der Waals surface area (Å²) in [6.07, 6.45) is 2.14. The maximum atomic E-state index is 11.7. The van der Waals surface area contributed by atoms with E-state index in [-0.39, 0.29) is 17.4 Å². The van der Waals surface area contributed by atoms with Crippen molar-refractivity contribution >= 4 is 21.5 Å². The molecule has 1 saturated heterocycles. The molecule has 98 valence electrons. The van der Waals surface area contributed by atoms with Gasteiger partial charge in [0.1, 0.15) is 0 Å². The van der Waals surface area contributed by atoms with Crippen LogP contribution in [0.5, 0.6) is 0 Å². The van der Waals surface area contributed by atoms with E-state index in [4.69, 9.17) is 0 Å². The molecule has 0 unspecified atom stereocenters. The molecule has 1 aromatic heterocycles. The number of nitrogens with one attached hydrogen (secondary N) is 2. The Morgan fingerprint density at radius 3 is 2.89 bits per heavy atom. The monoisotopic (exact) mass is 269 g/mol. The van der Waals surface area contributed by atoms with Gasteiger partial charge in [0, 0.05) is 6.20 Å². The maximum Gasteiger partial charge on any atom is 0.244 e. The molecule has 0 aromatic carbocycles. The number of hydrazone groups is 1. The molecule has 2 heterocycles. The number of aromatic nitrogens is 1. The Labute approximate surface area is 105 Å². The van der Waals surface area contributed by atoms with E-state index in [0.717, 1.165) is 5.69 Å². The first kappa shape index (κ1) is 12.8. The number of rotatable bonds is 3. The fourth-order valence-electron chi connectivity index (χ4n) is 1.85. The van der Waals surface area contributed by atoms with Crippen LogP contribution < -0.4 is 5.43 Å². The van der Waals surface area contributed by atoms with Crippen LogP contribution in [0.3, 0.4) is 0 Å². The first-order valence-corrected chi connectivity index (χ1v) is 7.48. The molecule has 0 radical (unpaired) electrons. The summed E-state index contributed by atoms with van der Waals surface area (Å²) >= 11 is 0. The number of carbonyl (C=O) groups excluding carboxylic acids is 1. The third-order valence-corrected chi connectivity index (χ3v) is 4.69. The lowest BCUT2D eigenvalue weighted by molar-refractivity contribution is -0.124. The van der Waals surface area contributed by atoms with Crippen molar-refractivity contribution in [2.75, 3.05) is 11.5 Å². The summed E-state index contributed by atoms with van der Waals surface area (Å²) < 4.78 is 22.5. The fourth-order valence-corrected chi connectivity index (χ4v) is 3.59. The van der Waals surface area contributed by atoms with E-state index in [1.165, 1.54) is 0 Å². The van der Waals surface area contributed by atoms with Crippen LogP contribution in [-0.4, -0.2) is 36.5 Å². The number of amides is 1. The van der Waals surface area contributed by atoms with Gasteiger partial charge < -0.3 is 4.98 Å². The predicted octanol–water partition coefficient (Wildman–Crippen LogP) is 0.290. The summed E-state index contributed by atoms with van der Waals surface area (Å²) in [5.41, 5.74) is 3.88. The van der Waals surface area contributed by atoms with Crippen LogP contribution in [0, 0.1) is 5.92 Å². The van der Waals surface area contributed by atoms with E-state index < -0.39 is 15.8 Å². The van der Waals surface area contributed by atoms with Crippen LogP contribution in [-0.2, 0) is 14.6 Å². The number of sulfone groups is 1. The minimum Gasteiger partial charge on any atom is -0.360 e. The van der Waals surface area contributed by atoms with Crippen LogP contribution in [0.1, 0.15) is 19.0 Å². The number of hydrogen-bond donors (Lipinski definition) is 2. The summed E-state index contributed by atoms with van der Waals surface area (Å²) in [5, 5.41) is 3.95. The second-order valence-corrected chi connectivity index (χ2v) is 6.59. The quantitative estimate of drug-likeness (QED) is 0.610. The molecule has 0 spiro atoms. The summed E-state index contributed by atoms with van der Waals surface area (Å²) in [6.45, 7) is 1.76. The van der Waals surface area contributed by atoms with Gasteiger partial charge in [-0.25, -0.2) is 13.8 Å². The third-order valence-electron chi connectivity index (χ3n) is 2.92. The van der Waals surface area contributed by atoms with Crippen LogP contribution in [0.25, 0.3) is 0 Å². The van der Waals surface area contributed by atoms with E-state index in [1.54, 1.807) is 13.1 Å². The van der Waals surface area contributed by atoms with Gasteiger partial charge in [-0.2, -0.15) is 5.10 Å². The highest BCUT2D eigenvalue weighted by Gasteiger charge is 2.32. The van der Waals surface area contributed by atoms with Gasteiger partial charge in [-0.15, -0.1) is 0 Å². The van der Waals surface area contributed by atoms with Gasteiger partial charge in [0.2, 0.25) is 5.91 Å². The molecular formula is C11H15N3O3S. The fraction of sp³-hybridized carbons (Fsp3) is 0.455. The average Bonchev–Trinajstić information content (AvgIpc) is 2.94. The topological polar surface area (TPSA) is 91.4 Å². The zero-order valence-electron chi connectivity index (χ0n) is 10.0. The van der Waals surface area contributed by atoms with E-state index >= 15 is 0 Å². The molecule has 0 saturated carbocycles. The van der Waals surface area contributed by atoms with Crippen molar-refractivity contribution in [3.05, 3.63) is 24.0 Å². The molecule has 1 aliphatic rings. The number of nitrogens with zero attached hydrogens (tertiary/aromatic N) is 1. The van der Waals surface area contributed by atoms with Crippen LogP contribution in [0.15, 0.2) is 23.4 Å². The second-order valence-electron chi connectivity index (χ2n) is 4.36. The van der Waals surface area contributed by atoms with E-state index in [0.29, 0.717) is 12.1 Å². The van der Waals surface area contributed by atoms with Crippen molar-refractivity contribution in [2.24, 2.45) is 11.0 Å². The van der Waals surface area contributed by atoms with Gasteiger partial charge in [0.15, 0.2) is 9.84 Å². The first-order chi connectivity index (χ1) is 8.48. The second kappa shape index (κ2) is 4.93. The standard InChI is InChI=1S/C11H15N3O3S/c1-8(10-3-2-5-12-10)13-14-11(15)9-4-6-18(16,17)7-9/h2-3,5,9,12H,4,6-7H2,1H3,(H,14,15)/b13-8+/t9-/m0/s1. The smallest absolute Gasteiger partial charge is 0.244 e. The normalized spacial score (nSPS) is 22.9. The predicted molar refractivity (Wildman–Crippen MR) is 67.9 cm³/mol. The number of H-pyrrole nitrogens is 1. The van der Waals surface area contributed by atoms with Crippen molar-refractivity contribution in [1.29, 1.82) is 0 Å².